The lowest BCUT2D eigenvalue weighted by Gasteiger charge is -2.10. The fourth-order valence-corrected chi connectivity index (χ4v) is 1.88. The Kier molecular flexibility index (Phi) is 3.57. The van der Waals surface area contributed by atoms with Gasteiger partial charge in [0.1, 0.15) is 5.82 Å². The monoisotopic (exact) mass is 306 g/mol. The molecule has 0 unspecified atom stereocenters. The third-order valence-corrected chi connectivity index (χ3v) is 2.88. The van der Waals surface area contributed by atoms with Crippen molar-refractivity contribution >= 4 is 27.5 Å². The zero-order valence-corrected chi connectivity index (χ0v) is 10.3. The van der Waals surface area contributed by atoms with Crippen LogP contribution in [0.4, 0.5) is 27.8 Å². The van der Waals surface area contributed by atoms with Crippen LogP contribution in [0.1, 0.15) is 15.9 Å². The number of amides is 1. The number of carbonyl (C=O) groups is 1. The van der Waals surface area contributed by atoms with E-state index < -0.39 is 29.0 Å². The van der Waals surface area contributed by atoms with Gasteiger partial charge in [0.15, 0.2) is 0 Å². The average molecular weight is 306 g/mol. The summed E-state index contributed by atoms with van der Waals surface area (Å²) in [5.41, 5.74) is 3.02. The molecule has 1 aromatic carbocycles. The second kappa shape index (κ2) is 5.04. The summed E-state index contributed by atoms with van der Waals surface area (Å²) in [4.78, 5) is 11.7. The SMILES string of the molecule is Nc1nnc(NC(=O)c2cccc(C(F)(F)F)c2F)s1. The Morgan fingerprint density at radius 1 is 1.30 bits per heavy atom. The first-order valence-corrected chi connectivity index (χ1v) is 5.86. The van der Waals surface area contributed by atoms with E-state index in [1.807, 2.05) is 0 Å². The highest BCUT2D eigenvalue weighted by Gasteiger charge is 2.35. The van der Waals surface area contributed by atoms with E-state index in [4.69, 9.17) is 5.73 Å². The van der Waals surface area contributed by atoms with Crippen LogP contribution in [0.5, 0.6) is 0 Å². The van der Waals surface area contributed by atoms with E-state index in [0.29, 0.717) is 6.07 Å². The molecule has 0 saturated heterocycles. The molecule has 1 heterocycles. The van der Waals surface area contributed by atoms with Crippen LogP contribution in [0.2, 0.25) is 0 Å². The Hall–Kier alpha value is -2.23. The highest BCUT2D eigenvalue weighted by atomic mass is 32.1. The van der Waals surface area contributed by atoms with Gasteiger partial charge < -0.3 is 5.73 Å². The molecule has 0 saturated carbocycles. The molecule has 5 nitrogen and oxygen atoms in total. The molecular formula is C10H6F4N4OS. The van der Waals surface area contributed by atoms with E-state index in [9.17, 15) is 22.4 Å². The van der Waals surface area contributed by atoms with E-state index in [2.05, 4.69) is 15.5 Å². The lowest BCUT2D eigenvalue weighted by atomic mass is 10.1. The standard InChI is InChI=1S/C10H6F4N4OS/c11-6-4(2-1-3-5(6)10(12,13)14)7(19)16-9-18-17-8(15)20-9/h1-3H,(H2,15,17)(H,16,18,19). The summed E-state index contributed by atoms with van der Waals surface area (Å²) in [5, 5.41) is 8.99. The summed E-state index contributed by atoms with van der Waals surface area (Å²) in [5.74, 6) is -2.71. The van der Waals surface area contributed by atoms with Crippen molar-refractivity contribution in [2.75, 3.05) is 11.1 Å². The van der Waals surface area contributed by atoms with Gasteiger partial charge in [0.25, 0.3) is 5.91 Å². The number of benzene rings is 1. The summed E-state index contributed by atoms with van der Waals surface area (Å²) in [6.45, 7) is 0. The first-order valence-electron chi connectivity index (χ1n) is 5.05. The van der Waals surface area contributed by atoms with E-state index in [1.54, 1.807) is 0 Å². The predicted molar refractivity (Wildman–Crippen MR) is 63.7 cm³/mol. The minimum atomic E-state index is -4.88. The van der Waals surface area contributed by atoms with Crippen molar-refractivity contribution in [1.82, 2.24) is 10.2 Å². The smallest absolute Gasteiger partial charge is 0.374 e. The van der Waals surface area contributed by atoms with Crippen LogP contribution in [0.15, 0.2) is 18.2 Å². The van der Waals surface area contributed by atoms with Crippen LogP contribution in [-0.2, 0) is 6.18 Å². The topological polar surface area (TPSA) is 80.9 Å². The van der Waals surface area contributed by atoms with Crippen LogP contribution in [0.25, 0.3) is 0 Å². The molecule has 0 radical (unpaired) electrons. The number of nitrogens with one attached hydrogen (secondary N) is 1. The number of aromatic nitrogens is 2. The number of nitrogen functional groups attached to an aromatic ring is 1. The maximum Gasteiger partial charge on any atom is 0.419 e. The molecule has 20 heavy (non-hydrogen) atoms. The van der Waals surface area contributed by atoms with Gasteiger partial charge in [-0.15, -0.1) is 10.2 Å². The fourth-order valence-electron chi connectivity index (χ4n) is 1.38. The van der Waals surface area contributed by atoms with E-state index in [-0.39, 0.29) is 10.3 Å². The maximum absolute atomic E-state index is 13.7. The summed E-state index contributed by atoms with van der Waals surface area (Å²) >= 11 is 0.805. The molecule has 1 aromatic heterocycles. The van der Waals surface area contributed by atoms with E-state index in [1.165, 1.54) is 0 Å². The molecule has 3 N–H and O–H groups in total. The number of rotatable bonds is 2. The number of alkyl halides is 3. The third-order valence-electron chi connectivity index (χ3n) is 2.21. The molecule has 0 atom stereocenters. The highest BCUT2D eigenvalue weighted by Crippen LogP contribution is 2.32. The third kappa shape index (κ3) is 2.85. The first-order chi connectivity index (χ1) is 9.29. The zero-order valence-electron chi connectivity index (χ0n) is 9.53. The van der Waals surface area contributed by atoms with Gasteiger partial charge in [-0.2, -0.15) is 13.2 Å². The Labute approximate surface area is 113 Å². The molecule has 0 aliphatic carbocycles. The van der Waals surface area contributed by atoms with Gasteiger partial charge in [0.2, 0.25) is 10.3 Å². The summed E-state index contributed by atoms with van der Waals surface area (Å²) in [6.07, 6.45) is -4.88. The number of halogens is 4. The summed E-state index contributed by atoms with van der Waals surface area (Å²) < 4.78 is 51.2. The van der Waals surface area contributed by atoms with Gasteiger partial charge in [0.05, 0.1) is 11.1 Å². The quantitative estimate of drug-likeness (QED) is 0.835. The predicted octanol–water partition coefficient (Wildman–Crippen LogP) is 2.53. The lowest BCUT2D eigenvalue weighted by Crippen LogP contribution is -2.17. The number of hydrogen-bond acceptors (Lipinski definition) is 5. The van der Waals surface area contributed by atoms with Gasteiger partial charge in [-0.25, -0.2) is 4.39 Å². The molecule has 0 spiro atoms. The molecule has 2 rings (SSSR count). The molecule has 1 amide bonds. The molecule has 10 heteroatoms. The van der Waals surface area contributed by atoms with Crippen molar-refractivity contribution in [3.05, 3.63) is 35.1 Å². The summed E-state index contributed by atoms with van der Waals surface area (Å²) in [7, 11) is 0. The van der Waals surface area contributed by atoms with Crippen molar-refractivity contribution in [2.24, 2.45) is 0 Å². The average Bonchev–Trinajstić information content (AvgIpc) is 2.73. The van der Waals surface area contributed by atoms with Crippen LogP contribution >= 0.6 is 11.3 Å². The van der Waals surface area contributed by atoms with Gasteiger partial charge in [-0.3, -0.25) is 10.1 Å². The summed E-state index contributed by atoms with van der Waals surface area (Å²) in [6, 6.07) is 2.43. The lowest BCUT2D eigenvalue weighted by molar-refractivity contribution is -0.140. The van der Waals surface area contributed by atoms with Crippen LogP contribution in [-0.4, -0.2) is 16.1 Å². The van der Waals surface area contributed by atoms with Gasteiger partial charge in [-0.05, 0) is 12.1 Å². The number of carbonyl (C=O) groups excluding carboxylic acids is 1. The Morgan fingerprint density at radius 2 is 2.00 bits per heavy atom. The molecule has 2 aromatic rings. The molecule has 0 aliphatic heterocycles. The number of nitrogens with zero attached hydrogens (tertiary/aromatic N) is 2. The second-order valence-corrected chi connectivity index (χ2v) is 4.57. The Balaban J connectivity index is 2.31. The van der Waals surface area contributed by atoms with Crippen LogP contribution < -0.4 is 11.1 Å². The van der Waals surface area contributed by atoms with Crippen LogP contribution in [0.3, 0.4) is 0 Å². The van der Waals surface area contributed by atoms with Crippen LogP contribution in [0, 0.1) is 5.82 Å². The molecule has 0 aliphatic rings. The van der Waals surface area contributed by atoms with Crippen molar-refractivity contribution in [2.45, 2.75) is 6.18 Å². The van der Waals surface area contributed by atoms with Crippen molar-refractivity contribution in [3.8, 4) is 0 Å². The van der Waals surface area contributed by atoms with Gasteiger partial charge >= 0.3 is 6.18 Å². The molecule has 0 bridgehead atoms. The van der Waals surface area contributed by atoms with E-state index in [0.717, 1.165) is 23.5 Å². The van der Waals surface area contributed by atoms with Crippen molar-refractivity contribution in [1.29, 1.82) is 0 Å². The first kappa shape index (κ1) is 14.2. The molecular weight excluding hydrogens is 300 g/mol. The van der Waals surface area contributed by atoms with Gasteiger partial charge in [-0.1, -0.05) is 17.4 Å². The molecule has 0 fully saturated rings. The Morgan fingerprint density at radius 3 is 2.55 bits per heavy atom. The van der Waals surface area contributed by atoms with Gasteiger partial charge in [0, 0.05) is 0 Å². The zero-order chi connectivity index (χ0) is 14.9. The Bertz CT molecular complexity index is 655. The number of anilines is 2. The normalized spacial score (nSPS) is 11.4. The molecule has 106 valence electrons. The minimum absolute atomic E-state index is 0.0377. The second-order valence-electron chi connectivity index (χ2n) is 3.56. The largest absolute Gasteiger partial charge is 0.419 e. The number of hydrogen-bond donors (Lipinski definition) is 2. The van der Waals surface area contributed by atoms with Crippen molar-refractivity contribution in [3.63, 3.8) is 0 Å². The van der Waals surface area contributed by atoms with E-state index >= 15 is 0 Å². The fraction of sp³-hybridized carbons (Fsp3) is 0.100. The maximum atomic E-state index is 13.7. The minimum Gasteiger partial charge on any atom is -0.374 e. The highest BCUT2D eigenvalue weighted by molar-refractivity contribution is 7.19. The van der Waals surface area contributed by atoms with Crippen molar-refractivity contribution < 1.29 is 22.4 Å². The number of nitrogens with two attached hydrogens (primary N) is 1.